The highest BCUT2D eigenvalue weighted by Crippen LogP contribution is 2.38. The number of aromatic nitrogens is 4. The Bertz CT molecular complexity index is 1580. The molecule has 4 heterocycles. The van der Waals surface area contributed by atoms with E-state index in [-0.39, 0.29) is 30.1 Å². The number of anilines is 1. The maximum absolute atomic E-state index is 14.4. The van der Waals surface area contributed by atoms with E-state index in [1.54, 1.807) is 18.2 Å². The van der Waals surface area contributed by atoms with Gasteiger partial charge in [-0.15, -0.1) is 0 Å². The molecule has 0 unspecified atom stereocenters. The van der Waals surface area contributed by atoms with Gasteiger partial charge in [-0.2, -0.15) is 5.10 Å². The third-order valence-electron chi connectivity index (χ3n) is 10.9. The lowest BCUT2D eigenvalue weighted by Crippen LogP contribution is -2.59. The molecule has 11 nitrogen and oxygen atoms in total. The van der Waals surface area contributed by atoms with E-state index in [4.69, 9.17) is 14.5 Å². The Labute approximate surface area is 291 Å². The van der Waals surface area contributed by atoms with Crippen LogP contribution in [0, 0.1) is 18.8 Å². The average molecular weight is 672 g/mol. The number of likely N-dealkylation sites (tertiary alicyclic amines) is 1. The van der Waals surface area contributed by atoms with E-state index in [1.807, 2.05) is 55.1 Å². The predicted molar refractivity (Wildman–Crippen MR) is 190 cm³/mol. The molecule has 11 heteroatoms. The van der Waals surface area contributed by atoms with E-state index < -0.39 is 0 Å². The number of methoxy groups -OCH3 is 1. The van der Waals surface area contributed by atoms with E-state index in [0.29, 0.717) is 74.9 Å². The van der Waals surface area contributed by atoms with Crippen molar-refractivity contribution in [2.75, 3.05) is 45.7 Å². The van der Waals surface area contributed by atoms with Crippen LogP contribution in [0.1, 0.15) is 88.3 Å². The summed E-state index contributed by atoms with van der Waals surface area (Å²) in [5, 5.41) is 4.54. The maximum atomic E-state index is 14.4. The van der Waals surface area contributed by atoms with E-state index in [0.717, 1.165) is 42.4 Å². The van der Waals surface area contributed by atoms with Gasteiger partial charge in [0.05, 0.1) is 13.3 Å². The number of hydrogen-bond donors (Lipinski definition) is 0. The Kier molecular flexibility index (Phi) is 10.9. The summed E-state index contributed by atoms with van der Waals surface area (Å²) in [6.07, 6.45) is 14.3. The molecule has 2 aliphatic carbocycles. The molecule has 0 radical (unpaired) electrons. The maximum Gasteiger partial charge on any atom is 0.410 e. The largest absolute Gasteiger partial charge is 0.481 e. The van der Waals surface area contributed by atoms with Crippen LogP contribution in [0.2, 0.25) is 0 Å². The molecular formula is C38H53N7O4. The number of rotatable bonds is 10. The van der Waals surface area contributed by atoms with Crippen molar-refractivity contribution in [1.82, 2.24) is 29.5 Å². The fraction of sp³-hybridized carbons (Fsp3) is 0.605. The standard InChI is InChI=1S/C38H53N7O4/c1-25(2)45-22-32(20-41-45)30-15-16-39-35(18-30)44(21-27-7-9-28(10-8-27)31-17-26(3)36(48-6)40-19-31)37(46)29-11-13-34(14-12-29)49-38(47)43-23-33(24-43)42(4)5/h15-20,22,25,27-29,33-34H,7-14,21,23-24H2,1-6H3. The van der Waals surface area contributed by atoms with Crippen molar-refractivity contribution in [2.45, 2.75) is 96.2 Å². The number of carbonyl (C=O) groups is 2. The third-order valence-corrected chi connectivity index (χ3v) is 10.9. The summed E-state index contributed by atoms with van der Waals surface area (Å²) in [4.78, 5) is 42.3. The Hall–Kier alpha value is -3.99. The topological polar surface area (TPSA) is 106 Å². The van der Waals surface area contributed by atoms with Gasteiger partial charge in [-0.1, -0.05) is 0 Å². The van der Waals surface area contributed by atoms with Crippen LogP contribution < -0.4 is 9.64 Å². The van der Waals surface area contributed by atoms with Gasteiger partial charge in [-0.05, 0) is 127 Å². The fourth-order valence-electron chi connectivity index (χ4n) is 7.57. The summed E-state index contributed by atoms with van der Waals surface area (Å²) in [6.45, 7) is 8.32. The zero-order valence-corrected chi connectivity index (χ0v) is 30.0. The first kappa shape index (κ1) is 34.9. The van der Waals surface area contributed by atoms with Gasteiger partial charge >= 0.3 is 6.09 Å². The molecule has 264 valence electrons. The summed E-state index contributed by atoms with van der Waals surface area (Å²) >= 11 is 0. The summed E-state index contributed by atoms with van der Waals surface area (Å²) < 4.78 is 13.2. The molecule has 1 aliphatic heterocycles. The highest BCUT2D eigenvalue weighted by Gasteiger charge is 2.37. The van der Waals surface area contributed by atoms with Crippen molar-refractivity contribution in [2.24, 2.45) is 11.8 Å². The van der Waals surface area contributed by atoms with Crippen LogP contribution in [0.5, 0.6) is 5.88 Å². The molecule has 49 heavy (non-hydrogen) atoms. The van der Waals surface area contributed by atoms with Crippen molar-refractivity contribution >= 4 is 17.8 Å². The number of carbonyl (C=O) groups excluding carboxylic acids is 2. The van der Waals surface area contributed by atoms with Gasteiger partial charge in [-0.25, -0.2) is 14.8 Å². The number of aryl methyl sites for hydroxylation is 1. The predicted octanol–water partition coefficient (Wildman–Crippen LogP) is 6.49. The number of nitrogens with zero attached hydrogens (tertiary/aromatic N) is 7. The minimum Gasteiger partial charge on any atom is -0.481 e. The van der Waals surface area contributed by atoms with Crippen LogP contribution in [-0.4, -0.2) is 94.5 Å². The van der Waals surface area contributed by atoms with E-state index in [9.17, 15) is 9.59 Å². The van der Waals surface area contributed by atoms with Gasteiger partial charge in [0.2, 0.25) is 11.8 Å². The van der Waals surface area contributed by atoms with Gasteiger partial charge in [-0.3, -0.25) is 14.4 Å². The molecule has 1 saturated heterocycles. The second-order valence-electron chi connectivity index (χ2n) is 14.8. The molecule has 2 saturated carbocycles. The van der Waals surface area contributed by atoms with Crippen LogP contribution >= 0.6 is 0 Å². The molecule has 3 fully saturated rings. The van der Waals surface area contributed by atoms with Crippen LogP contribution in [-0.2, 0) is 9.53 Å². The molecule has 0 bridgehead atoms. The number of hydrogen-bond acceptors (Lipinski definition) is 8. The number of likely N-dealkylation sites (N-methyl/N-ethyl adjacent to an activating group) is 1. The SMILES string of the molecule is COc1ncc(C2CCC(CN(C(=O)C3CCC(OC(=O)N4CC(N(C)C)C4)CC3)c3cc(-c4cnn(C(C)C)c4)ccn3)CC2)cc1C. The zero-order valence-electron chi connectivity index (χ0n) is 30.0. The Morgan fingerprint density at radius 3 is 2.33 bits per heavy atom. The van der Waals surface area contributed by atoms with Gasteiger partial charge in [0.1, 0.15) is 11.9 Å². The zero-order chi connectivity index (χ0) is 34.7. The highest BCUT2D eigenvalue weighted by molar-refractivity contribution is 5.94. The summed E-state index contributed by atoms with van der Waals surface area (Å²) in [6, 6.07) is 6.89. The van der Waals surface area contributed by atoms with Crippen molar-refractivity contribution < 1.29 is 19.1 Å². The van der Waals surface area contributed by atoms with Crippen molar-refractivity contribution in [3.63, 3.8) is 0 Å². The summed E-state index contributed by atoms with van der Waals surface area (Å²) in [7, 11) is 5.73. The number of pyridine rings is 2. The Morgan fingerprint density at radius 2 is 1.69 bits per heavy atom. The van der Waals surface area contributed by atoms with Crippen LogP contribution in [0.15, 0.2) is 43.0 Å². The monoisotopic (exact) mass is 671 g/mol. The van der Waals surface area contributed by atoms with E-state index in [1.165, 1.54) is 5.56 Å². The molecule has 0 atom stereocenters. The molecule has 3 aromatic rings. The molecule has 3 aromatic heterocycles. The first-order valence-electron chi connectivity index (χ1n) is 18.0. The molecule has 0 spiro atoms. The van der Waals surface area contributed by atoms with Crippen molar-refractivity contribution in [1.29, 1.82) is 0 Å². The lowest BCUT2D eigenvalue weighted by atomic mass is 9.78. The van der Waals surface area contributed by atoms with Gasteiger partial charge in [0, 0.05) is 67.4 Å². The molecule has 6 rings (SSSR count). The first-order chi connectivity index (χ1) is 23.6. The minimum absolute atomic E-state index is 0.126. The highest BCUT2D eigenvalue weighted by atomic mass is 16.6. The van der Waals surface area contributed by atoms with Crippen LogP contribution in [0.4, 0.5) is 10.6 Å². The molecule has 0 aromatic carbocycles. The van der Waals surface area contributed by atoms with Gasteiger partial charge in [0.25, 0.3) is 0 Å². The second-order valence-corrected chi connectivity index (χ2v) is 14.8. The quantitative estimate of drug-likeness (QED) is 0.241. The second kappa shape index (κ2) is 15.3. The van der Waals surface area contributed by atoms with Crippen molar-refractivity contribution in [3.8, 4) is 17.0 Å². The lowest BCUT2D eigenvalue weighted by molar-refractivity contribution is -0.124. The third kappa shape index (κ3) is 8.09. The number of ether oxygens (including phenoxy) is 2. The van der Waals surface area contributed by atoms with E-state index >= 15 is 0 Å². The normalized spacial score (nSPS) is 23.0. The Balaban J connectivity index is 1.13. The molecule has 0 N–H and O–H groups in total. The molecule has 3 aliphatic rings. The van der Waals surface area contributed by atoms with Gasteiger partial charge < -0.3 is 19.3 Å². The lowest BCUT2D eigenvalue weighted by Gasteiger charge is -2.42. The Morgan fingerprint density at radius 1 is 0.959 bits per heavy atom. The van der Waals surface area contributed by atoms with Gasteiger partial charge in [0.15, 0.2) is 0 Å². The van der Waals surface area contributed by atoms with Crippen LogP contribution in [0.3, 0.4) is 0 Å². The first-order valence-corrected chi connectivity index (χ1v) is 18.0. The van der Waals surface area contributed by atoms with E-state index in [2.05, 4.69) is 41.1 Å². The number of amides is 2. The fourth-order valence-corrected chi connectivity index (χ4v) is 7.57. The minimum atomic E-state index is -0.229. The summed E-state index contributed by atoms with van der Waals surface area (Å²) in [5.74, 6) is 2.20. The summed E-state index contributed by atoms with van der Waals surface area (Å²) in [5.41, 5.74) is 4.34. The molecular weight excluding hydrogens is 618 g/mol. The molecule has 2 amide bonds. The van der Waals surface area contributed by atoms with Crippen molar-refractivity contribution in [3.05, 3.63) is 54.1 Å². The average Bonchev–Trinajstić information content (AvgIpc) is 3.58. The van der Waals surface area contributed by atoms with Crippen LogP contribution in [0.25, 0.3) is 11.1 Å². The smallest absolute Gasteiger partial charge is 0.410 e.